The lowest BCUT2D eigenvalue weighted by Gasteiger charge is -2.17. The van der Waals surface area contributed by atoms with Gasteiger partial charge in [0.05, 0.1) is 19.8 Å². The van der Waals surface area contributed by atoms with Gasteiger partial charge >= 0.3 is 11.9 Å². The minimum atomic E-state index is -1.19. The minimum Gasteiger partial charge on any atom is -0.481 e. The number of aliphatic carboxylic acids is 2. The van der Waals surface area contributed by atoms with Crippen LogP contribution in [0.2, 0.25) is 0 Å². The Morgan fingerprint density at radius 2 is 1.18 bits per heavy atom. The highest BCUT2D eigenvalue weighted by Gasteiger charge is 2.20. The van der Waals surface area contributed by atoms with E-state index in [1.807, 2.05) is 0 Å². The number of rotatable bonds is 21. The van der Waals surface area contributed by atoms with Gasteiger partial charge in [0.2, 0.25) is 5.91 Å². The molecule has 0 aliphatic carbocycles. The van der Waals surface area contributed by atoms with E-state index in [-0.39, 0.29) is 38.6 Å². The Labute approximate surface area is 198 Å². The zero-order valence-electron chi connectivity index (χ0n) is 20.2. The molecule has 0 aromatic heterocycles. The molecule has 0 aromatic rings. The highest BCUT2D eigenvalue weighted by atomic mass is 16.4. The second kappa shape index (κ2) is 24.9. The number of nitrogens with one attached hydrogen (secondary N) is 1. The molecule has 0 unspecified atom stereocenters. The molecule has 6 N–H and O–H groups in total. The molecule has 0 fully saturated rings. The van der Waals surface area contributed by atoms with Crippen molar-refractivity contribution in [3.8, 4) is 0 Å². The van der Waals surface area contributed by atoms with E-state index in [9.17, 15) is 14.4 Å². The van der Waals surface area contributed by atoms with E-state index in [0.717, 1.165) is 19.3 Å². The summed E-state index contributed by atoms with van der Waals surface area (Å²) in [7, 11) is 0. The van der Waals surface area contributed by atoms with Crippen molar-refractivity contribution < 1.29 is 39.9 Å². The molecule has 0 aromatic carbocycles. The maximum absolute atomic E-state index is 11.7. The van der Waals surface area contributed by atoms with Gasteiger partial charge in [-0.2, -0.15) is 0 Å². The first-order chi connectivity index (χ1) is 15.8. The van der Waals surface area contributed by atoms with E-state index in [4.69, 9.17) is 25.5 Å². The molecule has 33 heavy (non-hydrogen) atoms. The SMILES string of the molecule is CCCCCCCCCCCC(=O)N[C@@H](CCC(=O)O)C(=O)O.OCCN(CCO)CCO. The number of amides is 1. The Bertz CT molecular complexity index is 477. The number of aliphatic hydroxyl groups excluding tert-OH is 3. The van der Waals surface area contributed by atoms with E-state index in [2.05, 4.69) is 12.2 Å². The fraction of sp³-hybridized carbons (Fsp3) is 0.870. The van der Waals surface area contributed by atoms with Crippen LogP contribution >= 0.6 is 0 Å². The predicted octanol–water partition coefficient (Wildman–Crippen LogP) is 1.61. The number of hydrogen-bond donors (Lipinski definition) is 6. The summed E-state index contributed by atoms with van der Waals surface area (Å²) in [6.07, 6.45) is 10.3. The highest BCUT2D eigenvalue weighted by molar-refractivity contribution is 5.83. The molecule has 10 nitrogen and oxygen atoms in total. The molecular formula is C23H46N2O8. The molecule has 10 heteroatoms. The van der Waals surface area contributed by atoms with Crippen molar-refractivity contribution in [1.82, 2.24) is 10.2 Å². The highest BCUT2D eigenvalue weighted by Crippen LogP contribution is 2.10. The Balaban J connectivity index is 0. The van der Waals surface area contributed by atoms with E-state index in [1.165, 1.54) is 38.5 Å². The fourth-order valence-corrected chi connectivity index (χ4v) is 3.15. The summed E-state index contributed by atoms with van der Waals surface area (Å²) < 4.78 is 0. The largest absolute Gasteiger partial charge is 0.481 e. The Kier molecular flexibility index (Phi) is 25.2. The summed E-state index contributed by atoms with van der Waals surface area (Å²) in [5.41, 5.74) is 0. The van der Waals surface area contributed by atoms with Crippen LogP contribution < -0.4 is 5.32 Å². The maximum atomic E-state index is 11.7. The van der Waals surface area contributed by atoms with Crippen LogP contribution in [0.15, 0.2) is 0 Å². The van der Waals surface area contributed by atoms with E-state index < -0.39 is 18.0 Å². The number of unbranched alkanes of at least 4 members (excludes halogenated alkanes) is 8. The molecular weight excluding hydrogens is 432 g/mol. The van der Waals surface area contributed by atoms with Crippen molar-refractivity contribution in [2.75, 3.05) is 39.5 Å². The van der Waals surface area contributed by atoms with Gasteiger partial charge in [-0.05, 0) is 12.8 Å². The van der Waals surface area contributed by atoms with E-state index >= 15 is 0 Å². The monoisotopic (exact) mass is 478 g/mol. The van der Waals surface area contributed by atoms with E-state index in [1.54, 1.807) is 4.90 Å². The normalized spacial score (nSPS) is 11.5. The van der Waals surface area contributed by atoms with Crippen molar-refractivity contribution >= 4 is 17.8 Å². The molecule has 0 saturated carbocycles. The summed E-state index contributed by atoms with van der Waals surface area (Å²) in [6.45, 7) is 3.95. The van der Waals surface area contributed by atoms with Crippen LogP contribution in [0, 0.1) is 0 Å². The molecule has 0 rings (SSSR count). The summed E-state index contributed by atoms with van der Waals surface area (Å²) in [4.78, 5) is 34.9. The lowest BCUT2D eigenvalue weighted by Crippen LogP contribution is -2.41. The molecule has 0 saturated heterocycles. The van der Waals surface area contributed by atoms with Gasteiger partial charge in [-0.25, -0.2) is 4.79 Å². The molecule has 0 aliphatic rings. The van der Waals surface area contributed by atoms with Crippen LogP contribution in [0.3, 0.4) is 0 Å². The molecule has 0 radical (unpaired) electrons. The summed E-state index contributed by atoms with van der Waals surface area (Å²) in [6, 6.07) is -1.11. The van der Waals surface area contributed by atoms with Crippen LogP contribution in [-0.4, -0.2) is 93.8 Å². The second-order valence-corrected chi connectivity index (χ2v) is 7.98. The smallest absolute Gasteiger partial charge is 0.326 e. The zero-order valence-corrected chi connectivity index (χ0v) is 20.2. The van der Waals surface area contributed by atoms with Gasteiger partial charge in [-0.15, -0.1) is 0 Å². The number of nitrogens with zero attached hydrogens (tertiary/aromatic N) is 1. The topological polar surface area (TPSA) is 168 Å². The summed E-state index contributed by atoms with van der Waals surface area (Å²) in [5, 5.41) is 45.4. The minimum absolute atomic E-state index is 0.0694. The van der Waals surface area contributed by atoms with Crippen molar-refractivity contribution in [3.05, 3.63) is 0 Å². The van der Waals surface area contributed by atoms with Crippen molar-refractivity contribution in [2.45, 2.75) is 90.0 Å². The van der Waals surface area contributed by atoms with Gasteiger partial charge in [0.1, 0.15) is 6.04 Å². The van der Waals surface area contributed by atoms with Crippen molar-refractivity contribution in [1.29, 1.82) is 0 Å². The number of hydrogen-bond acceptors (Lipinski definition) is 7. The standard InChI is InChI=1S/C17H31NO5.C6H15NO3/c1-2-3-4-5-6-7-8-9-10-11-15(19)18-14(17(22)23)12-13-16(20)21;8-4-1-7(2-5-9)3-6-10/h14H,2-13H2,1H3,(H,18,19)(H,20,21)(H,22,23);8-10H,1-6H2/t14-;/m0./s1. The van der Waals surface area contributed by atoms with Gasteiger partial charge in [0.15, 0.2) is 0 Å². The Morgan fingerprint density at radius 1 is 0.727 bits per heavy atom. The van der Waals surface area contributed by atoms with Crippen LogP contribution in [0.1, 0.15) is 84.0 Å². The van der Waals surface area contributed by atoms with Gasteiger partial charge in [-0.1, -0.05) is 58.3 Å². The van der Waals surface area contributed by atoms with Gasteiger partial charge in [0.25, 0.3) is 0 Å². The van der Waals surface area contributed by atoms with Crippen LogP contribution in [0.4, 0.5) is 0 Å². The number of carboxylic acid groups (broad SMARTS) is 2. The number of carbonyl (C=O) groups is 3. The quantitative estimate of drug-likeness (QED) is 0.134. The third kappa shape index (κ3) is 24.7. The molecule has 0 heterocycles. The van der Waals surface area contributed by atoms with Gasteiger partial charge in [-0.3, -0.25) is 14.5 Å². The molecule has 196 valence electrons. The average Bonchev–Trinajstić information content (AvgIpc) is 2.76. The fourth-order valence-electron chi connectivity index (χ4n) is 3.15. The first kappa shape index (κ1) is 33.4. The Hall–Kier alpha value is -1.75. The Morgan fingerprint density at radius 3 is 1.58 bits per heavy atom. The zero-order chi connectivity index (χ0) is 25.3. The van der Waals surface area contributed by atoms with Crippen molar-refractivity contribution in [3.63, 3.8) is 0 Å². The van der Waals surface area contributed by atoms with Crippen LogP contribution in [-0.2, 0) is 14.4 Å². The molecule has 0 aliphatic heterocycles. The number of aliphatic hydroxyl groups is 3. The lowest BCUT2D eigenvalue weighted by molar-refractivity contribution is -0.143. The van der Waals surface area contributed by atoms with Gasteiger partial charge in [0, 0.05) is 32.5 Å². The third-order valence-electron chi connectivity index (χ3n) is 5.04. The van der Waals surface area contributed by atoms with Crippen LogP contribution in [0.5, 0.6) is 0 Å². The van der Waals surface area contributed by atoms with Crippen molar-refractivity contribution in [2.24, 2.45) is 0 Å². The number of carbonyl (C=O) groups excluding carboxylic acids is 1. The summed E-state index contributed by atoms with van der Waals surface area (Å²) >= 11 is 0. The average molecular weight is 479 g/mol. The first-order valence-corrected chi connectivity index (χ1v) is 12.1. The second-order valence-electron chi connectivity index (χ2n) is 7.98. The number of carboxylic acids is 2. The van der Waals surface area contributed by atoms with Gasteiger partial charge < -0.3 is 30.8 Å². The predicted molar refractivity (Wildman–Crippen MR) is 126 cm³/mol. The lowest BCUT2D eigenvalue weighted by atomic mass is 10.1. The maximum Gasteiger partial charge on any atom is 0.326 e. The van der Waals surface area contributed by atoms with E-state index in [0.29, 0.717) is 26.1 Å². The van der Waals surface area contributed by atoms with Crippen LogP contribution in [0.25, 0.3) is 0 Å². The molecule has 0 bridgehead atoms. The molecule has 0 spiro atoms. The molecule has 1 atom stereocenters. The third-order valence-corrected chi connectivity index (χ3v) is 5.04. The summed E-state index contributed by atoms with van der Waals surface area (Å²) in [5.74, 6) is -2.57. The first-order valence-electron chi connectivity index (χ1n) is 12.1. The molecule has 1 amide bonds.